The molecule has 1 atom stereocenters. The molecule has 0 heterocycles. The monoisotopic (exact) mass is 257 g/mol. The highest BCUT2D eigenvalue weighted by Crippen LogP contribution is 2.16. The van der Waals surface area contributed by atoms with Crippen molar-refractivity contribution >= 4 is 17.6 Å². The van der Waals surface area contributed by atoms with Crippen molar-refractivity contribution < 1.29 is 14.6 Å². The van der Waals surface area contributed by atoms with E-state index in [-0.39, 0.29) is 19.6 Å². The molecule has 0 amide bonds. The first-order chi connectivity index (χ1) is 7.94. The summed E-state index contributed by atoms with van der Waals surface area (Å²) < 4.78 is 5.01. The zero-order valence-electron chi connectivity index (χ0n) is 9.65. The van der Waals surface area contributed by atoms with E-state index in [9.17, 15) is 9.90 Å². The number of aliphatic hydroxyl groups is 1. The number of benzene rings is 1. The van der Waals surface area contributed by atoms with Crippen LogP contribution in [0.4, 0.5) is 0 Å². The molecule has 4 nitrogen and oxygen atoms in total. The molecule has 5 heteroatoms. The summed E-state index contributed by atoms with van der Waals surface area (Å²) in [6.07, 6.45) is -0.131. The van der Waals surface area contributed by atoms with Gasteiger partial charge in [0.1, 0.15) is 6.61 Å². The summed E-state index contributed by atoms with van der Waals surface area (Å²) in [5, 5.41) is 10.1. The molecule has 1 aromatic carbocycles. The second-order valence-electron chi connectivity index (χ2n) is 4.13. The van der Waals surface area contributed by atoms with E-state index in [2.05, 4.69) is 0 Å². The molecule has 94 valence electrons. The maximum atomic E-state index is 11.4. The summed E-state index contributed by atoms with van der Waals surface area (Å²) in [5.74, 6) is -0.500. The van der Waals surface area contributed by atoms with Crippen molar-refractivity contribution in [3.05, 3.63) is 34.9 Å². The number of nitrogens with two attached hydrogens (primary N) is 1. The van der Waals surface area contributed by atoms with Crippen molar-refractivity contribution in [3.8, 4) is 0 Å². The number of hydrogen-bond acceptors (Lipinski definition) is 4. The third-order valence-corrected chi connectivity index (χ3v) is 2.68. The van der Waals surface area contributed by atoms with Gasteiger partial charge in [0.2, 0.25) is 0 Å². The normalized spacial score (nSPS) is 14.1. The summed E-state index contributed by atoms with van der Waals surface area (Å²) in [4.78, 5) is 11.4. The van der Waals surface area contributed by atoms with Gasteiger partial charge in [0, 0.05) is 17.1 Å². The Bertz CT molecular complexity index is 393. The van der Waals surface area contributed by atoms with Gasteiger partial charge in [-0.1, -0.05) is 29.8 Å². The highest BCUT2D eigenvalue weighted by atomic mass is 35.5. The van der Waals surface area contributed by atoms with E-state index in [0.717, 1.165) is 5.56 Å². The molecule has 0 bridgehead atoms. The summed E-state index contributed by atoms with van der Waals surface area (Å²) in [6.45, 7) is 1.59. The molecular weight excluding hydrogens is 242 g/mol. The van der Waals surface area contributed by atoms with Gasteiger partial charge in [-0.05, 0) is 13.0 Å². The number of halogens is 1. The Morgan fingerprint density at radius 2 is 2.18 bits per heavy atom. The van der Waals surface area contributed by atoms with Crippen LogP contribution in [-0.2, 0) is 16.1 Å². The molecule has 0 aliphatic rings. The van der Waals surface area contributed by atoms with Crippen LogP contribution in [0.1, 0.15) is 18.9 Å². The zero-order chi connectivity index (χ0) is 12.9. The van der Waals surface area contributed by atoms with Gasteiger partial charge in [-0.2, -0.15) is 0 Å². The topological polar surface area (TPSA) is 72.5 Å². The van der Waals surface area contributed by atoms with E-state index < -0.39 is 11.6 Å². The van der Waals surface area contributed by atoms with Gasteiger partial charge in [-0.15, -0.1) is 0 Å². The summed E-state index contributed by atoms with van der Waals surface area (Å²) in [5.41, 5.74) is 4.81. The zero-order valence-corrected chi connectivity index (χ0v) is 10.4. The molecule has 0 radical (unpaired) electrons. The van der Waals surface area contributed by atoms with Gasteiger partial charge in [0.25, 0.3) is 0 Å². The lowest BCUT2D eigenvalue weighted by Crippen LogP contribution is -2.36. The second-order valence-corrected chi connectivity index (χ2v) is 4.54. The number of esters is 1. The van der Waals surface area contributed by atoms with Crippen LogP contribution in [0.5, 0.6) is 0 Å². The Morgan fingerprint density at radius 1 is 1.53 bits per heavy atom. The first-order valence-electron chi connectivity index (χ1n) is 5.26. The standard InChI is InChI=1S/C12H16ClNO3/c1-12(16,8-14)6-11(15)17-7-9-4-2-3-5-10(9)13/h2-5,16H,6-8,14H2,1H3. The predicted molar refractivity (Wildman–Crippen MR) is 65.5 cm³/mol. The fourth-order valence-corrected chi connectivity index (χ4v) is 1.40. The minimum absolute atomic E-state index is 0.00813. The van der Waals surface area contributed by atoms with E-state index in [0.29, 0.717) is 5.02 Å². The minimum Gasteiger partial charge on any atom is -0.461 e. The molecule has 1 aromatic rings. The van der Waals surface area contributed by atoms with Crippen molar-refractivity contribution in [2.75, 3.05) is 6.54 Å². The van der Waals surface area contributed by atoms with Gasteiger partial charge >= 0.3 is 5.97 Å². The number of rotatable bonds is 5. The van der Waals surface area contributed by atoms with Crippen LogP contribution in [0.25, 0.3) is 0 Å². The van der Waals surface area contributed by atoms with Gasteiger partial charge < -0.3 is 15.6 Å². The van der Waals surface area contributed by atoms with Gasteiger partial charge in [-0.3, -0.25) is 4.79 Å². The molecule has 0 aliphatic carbocycles. The maximum absolute atomic E-state index is 11.4. The van der Waals surface area contributed by atoms with Crippen LogP contribution in [-0.4, -0.2) is 23.2 Å². The summed E-state index contributed by atoms with van der Waals surface area (Å²) >= 11 is 5.91. The highest BCUT2D eigenvalue weighted by Gasteiger charge is 2.23. The molecule has 0 fully saturated rings. The summed E-state index contributed by atoms with van der Waals surface area (Å²) in [6, 6.07) is 7.11. The van der Waals surface area contributed by atoms with Crippen LogP contribution in [0.3, 0.4) is 0 Å². The van der Waals surface area contributed by atoms with Gasteiger partial charge in [0.05, 0.1) is 12.0 Å². The lowest BCUT2D eigenvalue weighted by Gasteiger charge is -2.19. The number of hydrogen-bond donors (Lipinski definition) is 2. The molecular formula is C12H16ClNO3. The maximum Gasteiger partial charge on any atom is 0.309 e. The SMILES string of the molecule is CC(O)(CN)CC(=O)OCc1ccccc1Cl. The second kappa shape index (κ2) is 6.00. The Morgan fingerprint density at radius 3 is 2.76 bits per heavy atom. The molecule has 0 saturated carbocycles. The van der Waals surface area contributed by atoms with E-state index in [1.165, 1.54) is 6.92 Å². The molecule has 1 unspecified atom stereocenters. The Labute approximate surface area is 105 Å². The Balaban J connectivity index is 2.47. The molecule has 0 saturated heterocycles. The van der Waals surface area contributed by atoms with Crippen LogP contribution < -0.4 is 5.73 Å². The van der Waals surface area contributed by atoms with Crippen molar-refractivity contribution in [3.63, 3.8) is 0 Å². The van der Waals surface area contributed by atoms with Gasteiger partial charge in [-0.25, -0.2) is 0 Å². The first kappa shape index (κ1) is 14.0. The van der Waals surface area contributed by atoms with E-state index in [4.69, 9.17) is 22.1 Å². The van der Waals surface area contributed by atoms with Crippen LogP contribution >= 0.6 is 11.6 Å². The number of ether oxygens (including phenoxy) is 1. The molecule has 0 spiro atoms. The molecule has 0 aromatic heterocycles. The van der Waals surface area contributed by atoms with Crippen molar-refractivity contribution in [1.29, 1.82) is 0 Å². The van der Waals surface area contributed by atoms with Crippen molar-refractivity contribution in [2.24, 2.45) is 5.73 Å². The van der Waals surface area contributed by atoms with Crippen LogP contribution in [0, 0.1) is 0 Å². The first-order valence-corrected chi connectivity index (χ1v) is 5.64. The average Bonchev–Trinajstić information content (AvgIpc) is 2.27. The lowest BCUT2D eigenvalue weighted by atomic mass is 10.0. The quantitative estimate of drug-likeness (QED) is 0.784. The minimum atomic E-state index is -1.22. The number of carbonyl (C=O) groups excluding carboxylic acids is 1. The van der Waals surface area contributed by atoms with E-state index >= 15 is 0 Å². The average molecular weight is 258 g/mol. The fourth-order valence-electron chi connectivity index (χ4n) is 1.21. The summed E-state index contributed by atoms with van der Waals surface area (Å²) in [7, 11) is 0. The predicted octanol–water partition coefficient (Wildman–Crippen LogP) is 1.48. The van der Waals surface area contributed by atoms with Gasteiger partial charge in [0.15, 0.2) is 0 Å². The Kier molecular flexibility index (Phi) is 4.93. The van der Waals surface area contributed by atoms with E-state index in [1.807, 2.05) is 6.07 Å². The van der Waals surface area contributed by atoms with Crippen molar-refractivity contribution in [2.45, 2.75) is 25.6 Å². The lowest BCUT2D eigenvalue weighted by molar-refractivity contribution is -0.149. The third kappa shape index (κ3) is 4.73. The highest BCUT2D eigenvalue weighted by molar-refractivity contribution is 6.31. The fraction of sp³-hybridized carbons (Fsp3) is 0.417. The van der Waals surface area contributed by atoms with E-state index in [1.54, 1.807) is 18.2 Å². The molecule has 0 aliphatic heterocycles. The largest absolute Gasteiger partial charge is 0.461 e. The molecule has 3 N–H and O–H groups in total. The molecule has 17 heavy (non-hydrogen) atoms. The molecule has 1 rings (SSSR count). The smallest absolute Gasteiger partial charge is 0.309 e. The van der Waals surface area contributed by atoms with Crippen LogP contribution in [0.15, 0.2) is 24.3 Å². The third-order valence-electron chi connectivity index (χ3n) is 2.31. The number of carbonyl (C=O) groups is 1. The Hall–Kier alpha value is -1.10. The van der Waals surface area contributed by atoms with Crippen molar-refractivity contribution in [1.82, 2.24) is 0 Å². The van der Waals surface area contributed by atoms with Crippen LogP contribution in [0.2, 0.25) is 5.02 Å².